The van der Waals surface area contributed by atoms with Crippen LogP contribution in [-0.4, -0.2) is 6.61 Å². The molecule has 0 unspecified atom stereocenters. The molecule has 0 aliphatic heterocycles. The van der Waals surface area contributed by atoms with E-state index in [2.05, 4.69) is 24.6 Å². The highest BCUT2D eigenvalue weighted by molar-refractivity contribution is 7.08. The van der Waals surface area contributed by atoms with Gasteiger partial charge in [-0.05, 0) is 35.2 Å². The van der Waals surface area contributed by atoms with Gasteiger partial charge in [0.2, 0.25) is 0 Å². The predicted molar refractivity (Wildman–Crippen MR) is 62.9 cm³/mol. The van der Waals surface area contributed by atoms with Gasteiger partial charge in [-0.15, -0.1) is 0 Å². The summed E-state index contributed by atoms with van der Waals surface area (Å²) in [7, 11) is 0. The molecule has 0 radical (unpaired) electrons. The summed E-state index contributed by atoms with van der Waals surface area (Å²) in [6, 6.07) is 0. The van der Waals surface area contributed by atoms with E-state index >= 15 is 0 Å². The molecule has 1 aromatic heterocycles. The Balaban J connectivity index is 2.02. The minimum Gasteiger partial charge on any atom is -0.377 e. The lowest BCUT2D eigenvalue weighted by Crippen LogP contribution is -1.95. The normalized spacial score (nSPS) is 10.7. The van der Waals surface area contributed by atoms with E-state index in [1.165, 1.54) is 36.8 Å². The Hall–Kier alpha value is -0.340. The quantitative estimate of drug-likeness (QED) is 0.617. The van der Waals surface area contributed by atoms with Crippen LogP contribution in [0.4, 0.5) is 0 Å². The van der Waals surface area contributed by atoms with Gasteiger partial charge in [-0.2, -0.15) is 11.3 Å². The van der Waals surface area contributed by atoms with Gasteiger partial charge in [0.15, 0.2) is 0 Å². The van der Waals surface area contributed by atoms with Crippen LogP contribution in [-0.2, 0) is 11.3 Å². The van der Waals surface area contributed by atoms with Crippen molar-refractivity contribution in [2.24, 2.45) is 0 Å². The van der Waals surface area contributed by atoms with Gasteiger partial charge >= 0.3 is 0 Å². The zero-order valence-electron chi connectivity index (χ0n) is 9.21. The molecule has 1 heterocycles. The zero-order valence-corrected chi connectivity index (χ0v) is 10.0. The zero-order chi connectivity index (χ0) is 10.2. The summed E-state index contributed by atoms with van der Waals surface area (Å²) in [4.78, 5) is 0. The molecule has 0 aromatic carbocycles. The van der Waals surface area contributed by atoms with E-state index in [9.17, 15) is 0 Å². The van der Waals surface area contributed by atoms with E-state index < -0.39 is 0 Å². The Bertz CT molecular complexity index is 242. The van der Waals surface area contributed by atoms with Crippen molar-refractivity contribution < 1.29 is 4.74 Å². The smallest absolute Gasteiger partial charge is 0.0727 e. The summed E-state index contributed by atoms with van der Waals surface area (Å²) in [5.74, 6) is 0. The monoisotopic (exact) mass is 212 g/mol. The van der Waals surface area contributed by atoms with Crippen molar-refractivity contribution in [1.29, 1.82) is 0 Å². The molecule has 0 bridgehead atoms. The molecule has 0 spiro atoms. The Kier molecular flexibility index (Phi) is 5.88. The summed E-state index contributed by atoms with van der Waals surface area (Å²) < 4.78 is 5.61. The Morgan fingerprint density at radius 3 is 2.71 bits per heavy atom. The average molecular weight is 212 g/mol. The Morgan fingerprint density at radius 1 is 1.21 bits per heavy atom. The van der Waals surface area contributed by atoms with Crippen molar-refractivity contribution in [2.75, 3.05) is 6.61 Å². The van der Waals surface area contributed by atoms with Crippen LogP contribution in [0.1, 0.15) is 43.7 Å². The Labute approximate surface area is 91.1 Å². The molecule has 14 heavy (non-hydrogen) atoms. The molecule has 0 saturated carbocycles. The summed E-state index contributed by atoms with van der Waals surface area (Å²) in [5, 5.41) is 4.36. The van der Waals surface area contributed by atoms with Gasteiger partial charge < -0.3 is 4.74 Å². The minimum atomic E-state index is 0.793. The maximum Gasteiger partial charge on any atom is 0.0727 e. The van der Waals surface area contributed by atoms with E-state index in [0.29, 0.717) is 0 Å². The van der Waals surface area contributed by atoms with Crippen molar-refractivity contribution in [3.05, 3.63) is 21.9 Å². The van der Waals surface area contributed by atoms with Gasteiger partial charge in [-0.1, -0.05) is 26.2 Å². The van der Waals surface area contributed by atoms with E-state index in [1.807, 2.05) is 0 Å². The number of unbranched alkanes of at least 4 members (excludes halogenated alkanes) is 3. The van der Waals surface area contributed by atoms with Gasteiger partial charge in [0, 0.05) is 6.61 Å². The fraction of sp³-hybridized carbons (Fsp3) is 0.667. The van der Waals surface area contributed by atoms with Crippen LogP contribution in [0.15, 0.2) is 10.8 Å². The molecule has 1 nitrogen and oxygen atoms in total. The maximum atomic E-state index is 5.61. The number of hydrogen-bond acceptors (Lipinski definition) is 2. The van der Waals surface area contributed by atoms with Gasteiger partial charge in [0.25, 0.3) is 0 Å². The summed E-state index contributed by atoms with van der Waals surface area (Å²) in [6.45, 7) is 6.08. The minimum absolute atomic E-state index is 0.793. The topological polar surface area (TPSA) is 9.23 Å². The summed E-state index contributed by atoms with van der Waals surface area (Å²) in [5.41, 5.74) is 2.72. The van der Waals surface area contributed by atoms with Crippen LogP contribution in [0, 0.1) is 6.92 Å². The van der Waals surface area contributed by atoms with Gasteiger partial charge in [-0.25, -0.2) is 0 Å². The van der Waals surface area contributed by atoms with Crippen LogP contribution < -0.4 is 0 Å². The highest BCUT2D eigenvalue weighted by Crippen LogP contribution is 2.14. The first kappa shape index (κ1) is 11.7. The molecule has 0 aliphatic carbocycles. The lowest BCUT2D eigenvalue weighted by molar-refractivity contribution is 0.116. The first-order valence-electron chi connectivity index (χ1n) is 5.44. The lowest BCUT2D eigenvalue weighted by atomic mass is 10.2. The number of ether oxygens (including phenoxy) is 1. The highest BCUT2D eigenvalue weighted by atomic mass is 32.1. The second kappa shape index (κ2) is 7.02. The summed E-state index contributed by atoms with van der Waals surface area (Å²) >= 11 is 1.76. The van der Waals surface area contributed by atoms with Crippen molar-refractivity contribution in [3.8, 4) is 0 Å². The van der Waals surface area contributed by atoms with Crippen LogP contribution in [0.3, 0.4) is 0 Å². The van der Waals surface area contributed by atoms with Crippen molar-refractivity contribution >= 4 is 11.3 Å². The standard InChI is InChI=1S/C12H20OS/c1-3-4-5-6-7-13-8-12-10-14-9-11(12)2/h9-10H,3-8H2,1-2H3. The fourth-order valence-electron chi connectivity index (χ4n) is 1.35. The van der Waals surface area contributed by atoms with E-state index in [1.54, 1.807) is 11.3 Å². The van der Waals surface area contributed by atoms with Crippen molar-refractivity contribution in [2.45, 2.75) is 46.1 Å². The maximum absolute atomic E-state index is 5.61. The van der Waals surface area contributed by atoms with Gasteiger partial charge in [-0.3, -0.25) is 0 Å². The van der Waals surface area contributed by atoms with Crippen molar-refractivity contribution in [3.63, 3.8) is 0 Å². The van der Waals surface area contributed by atoms with Crippen LogP contribution in [0.25, 0.3) is 0 Å². The third kappa shape index (κ3) is 4.25. The predicted octanol–water partition coefficient (Wildman–Crippen LogP) is 4.15. The van der Waals surface area contributed by atoms with Crippen LogP contribution in [0.5, 0.6) is 0 Å². The summed E-state index contributed by atoms with van der Waals surface area (Å²) in [6.07, 6.45) is 5.14. The molecule has 0 amide bonds. The first-order chi connectivity index (χ1) is 6.84. The molecule has 80 valence electrons. The second-order valence-electron chi connectivity index (χ2n) is 3.69. The molecule has 0 aliphatic rings. The van der Waals surface area contributed by atoms with Crippen LogP contribution >= 0.6 is 11.3 Å². The molecule has 1 rings (SSSR count). The third-order valence-electron chi connectivity index (χ3n) is 2.36. The molecule has 1 aromatic rings. The average Bonchev–Trinajstić information content (AvgIpc) is 2.58. The largest absolute Gasteiger partial charge is 0.377 e. The highest BCUT2D eigenvalue weighted by Gasteiger charge is 1.98. The lowest BCUT2D eigenvalue weighted by Gasteiger charge is -2.03. The van der Waals surface area contributed by atoms with E-state index in [-0.39, 0.29) is 0 Å². The molecular weight excluding hydrogens is 192 g/mol. The molecular formula is C12H20OS. The van der Waals surface area contributed by atoms with E-state index in [0.717, 1.165) is 13.2 Å². The molecule has 2 heteroatoms. The van der Waals surface area contributed by atoms with Crippen LogP contribution in [0.2, 0.25) is 0 Å². The third-order valence-corrected chi connectivity index (χ3v) is 3.27. The number of rotatable bonds is 7. The molecule has 0 fully saturated rings. The molecule has 0 saturated heterocycles. The first-order valence-corrected chi connectivity index (χ1v) is 6.38. The number of hydrogen-bond donors (Lipinski definition) is 0. The molecule has 0 atom stereocenters. The second-order valence-corrected chi connectivity index (χ2v) is 4.44. The number of aryl methyl sites for hydroxylation is 1. The molecule has 0 N–H and O–H groups in total. The van der Waals surface area contributed by atoms with Gasteiger partial charge in [0.1, 0.15) is 0 Å². The number of thiophene rings is 1. The fourth-order valence-corrected chi connectivity index (χ4v) is 2.19. The van der Waals surface area contributed by atoms with Gasteiger partial charge in [0.05, 0.1) is 6.61 Å². The Morgan fingerprint density at radius 2 is 2.07 bits per heavy atom. The SMILES string of the molecule is CCCCCCOCc1cscc1C. The van der Waals surface area contributed by atoms with E-state index in [4.69, 9.17) is 4.74 Å². The van der Waals surface area contributed by atoms with Crippen molar-refractivity contribution in [1.82, 2.24) is 0 Å².